The monoisotopic (exact) mass is 544 g/mol. The molecular formula is C27H37ClN6O4. The van der Waals surface area contributed by atoms with Crippen LogP contribution in [-0.2, 0) is 9.53 Å². The van der Waals surface area contributed by atoms with E-state index in [9.17, 15) is 14.4 Å². The van der Waals surface area contributed by atoms with Crippen molar-refractivity contribution in [2.75, 3.05) is 33.7 Å². The largest absolute Gasteiger partial charge is 0.442 e. The molecule has 0 unspecified atom stereocenters. The highest BCUT2D eigenvalue weighted by Crippen LogP contribution is 2.27. The fraction of sp³-hybridized carbons (Fsp3) is 0.444. The van der Waals surface area contributed by atoms with Crippen LogP contribution in [0.1, 0.15) is 47.1 Å². The molecule has 1 aromatic rings. The molecule has 0 saturated heterocycles. The zero-order chi connectivity index (χ0) is 29.0. The van der Waals surface area contributed by atoms with E-state index in [1.165, 1.54) is 11.8 Å². The van der Waals surface area contributed by atoms with Crippen molar-refractivity contribution in [1.29, 1.82) is 0 Å². The number of urea groups is 1. The smallest absolute Gasteiger partial charge is 0.430 e. The van der Waals surface area contributed by atoms with Gasteiger partial charge in [0.15, 0.2) is 0 Å². The Morgan fingerprint density at radius 2 is 1.92 bits per heavy atom. The predicted octanol–water partition coefficient (Wildman–Crippen LogP) is 4.66. The number of aldehydes is 1. The Bertz CT molecular complexity index is 1160. The third-order valence-electron chi connectivity index (χ3n) is 5.07. The number of rotatable bonds is 9. The van der Waals surface area contributed by atoms with E-state index in [1.54, 1.807) is 66.9 Å². The number of nitrogens with zero attached hydrogens (tertiary/aromatic N) is 5. The van der Waals surface area contributed by atoms with Crippen LogP contribution in [0.5, 0.6) is 0 Å². The number of allylic oxidation sites excluding steroid dienone is 1. The highest BCUT2D eigenvalue weighted by molar-refractivity contribution is 6.35. The number of halogens is 1. The molecule has 0 aliphatic carbocycles. The van der Waals surface area contributed by atoms with E-state index in [0.717, 1.165) is 10.0 Å². The van der Waals surface area contributed by atoms with Crippen LogP contribution in [0, 0.1) is 11.8 Å². The van der Waals surface area contributed by atoms with Gasteiger partial charge in [-0.25, -0.2) is 9.59 Å². The second kappa shape index (κ2) is 14.8. The maximum atomic E-state index is 13.7. The van der Waals surface area contributed by atoms with E-state index >= 15 is 0 Å². The number of hydrazine groups is 1. The van der Waals surface area contributed by atoms with Gasteiger partial charge in [-0.1, -0.05) is 23.6 Å². The highest BCUT2D eigenvalue weighted by atomic mass is 35.5. The quantitative estimate of drug-likeness (QED) is 0.160. The van der Waals surface area contributed by atoms with Crippen LogP contribution in [0.2, 0.25) is 5.02 Å². The van der Waals surface area contributed by atoms with Crippen molar-refractivity contribution >= 4 is 48.1 Å². The average molecular weight is 545 g/mol. The van der Waals surface area contributed by atoms with Gasteiger partial charge in [0.25, 0.3) is 0 Å². The summed E-state index contributed by atoms with van der Waals surface area (Å²) in [6.45, 7) is 13.9. The summed E-state index contributed by atoms with van der Waals surface area (Å²) in [5.41, 5.74) is 1.27. The molecule has 38 heavy (non-hydrogen) atoms. The minimum Gasteiger partial charge on any atom is -0.442 e. The second-order valence-corrected chi connectivity index (χ2v) is 9.55. The van der Waals surface area contributed by atoms with Gasteiger partial charge in [-0.3, -0.25) is 14.8 Å². The van der Waals surface area contributed by atoms with Crippen molar-refractivity contribution in [3.8, 4) is 11.8 Å². The number of amides is 3. The van der Waals surface area contributed by atoms with Crippen LogP contribution in [0.25, 0.3) is 0 Å². The first-order valence-corrected chi connectivity index (χ1v) is 12.3. The molecule has 0 fully saturated rings. The summed E-state index contributed by atoms with van der Waals surface area (Å²) < 4.78 is 5.53. The van der Waals surface area contributed by atoms with E-state index in [2.05, 4.69) is 33.9 Å². The summed E-state index contributed by atoms with van der Waals surface area (Å²) in [6, 6.07) is 4.70. The fourth-order valence-corrected chi connectivity index (χ4v) is 3.54. The normalized spacial score (nSPS) is 11.9. The molecule has 0 saturated carbocycles. The number of hydrogen-bond donors (Lipinski definition) is 1. The topological polar surface area (TPSA) is 107 Å². The summed E-state index contributed by atoms with van der Waals surface area (Å²) in [7, 11) is 3.11. The van der Waals surface area contributed by atoms with Crippen LogP contribution in [0.3, 0.4) is 0 Å². The van der Waals surface area contributed by atoms with Crippen molar-refractivity contribution in [3.63, 3.8) is 0 Å². The van der Waals surface area contributed by atoms with Crippen LogP contribution >= 0.6 is 11.6 Å². The lowest BCUT2D eigenvalue weighted by Gasteiger charge is -2.38. The molecule has 0 spiro atoms. The molecule has 1 aromatic carbocycles. The molecule has 0 radical (unpaired) electrons. The molecule has 1 rings (SSSR count). The van der Waals surface area contributed by atoms with Crippen molar-refractivity contribution < 1.29 is 19.1 Å². The van der Waals surface area contributed by atoms with Gasteiger partial charge >= 0.3 is 12.1 Å². The van der Waals surface area contributed by atoms with Crippen LogP contribution in [0.15, 0.2) is 39.6 Å². The van der Waals surface area contributed by atoms with Crippen molar-refractivity contribution in [2.24, 2.45) is 9.98 Å². The van der Waals surface area contributed by atoms with Gasteiger partial charge in [-0.15, -0.1) is 5.92 Å². The lowest BCUT2D eigenvalue weighted by atomic mass is 10.1. The Balaban J connectivity index is 3.37. The molecule has 206 valence electrons. The van der Waals surface area contributed by atoms with Crippen molar-refractivity contribution in [2.45, 2.75) is 47.1 Å². The highest BCUT2D eigenvalue weighted by Gasteiger charge is 2.34. The molecule has 10 nitrogen and oxygen atoms in total. The summed E-state index contributed by atoms with van der Waals surface area (Å²) >= 11 is 6.34. The van der Waals surface area contributed by atoms with Gasteiger partial charge in [-0.2, -0.15) is 10.0 Å². The standard InChI is InChI=1S/C27H37ClN6O4/c1-10-11-16-33(26(37)38-27(4,5)6)34(24(30-8)19(2)18-35)25(36)32(9)17-15-31-20(3)23-21(28)13-12-14-22(23)29-7/h12-14,18,30H,7,15-17H2,1-6,8-9H3/b24-19-,31-20?. The molecule has 1 N–H and O–H groups in total. The summed E-state index contributed by atoms with van der Waals surface area (Å²) in [4.78, 5) is 48.4. The maximum Gasteiger partial charge on any atom is 0.430 e. The lowest BCUT2D eigenvalue weighted by Crippen LogP contribution is -2.56. The van der Waals surface area contributed by atoms with E-state index in [4.69, 9.17) is 16.3 Å². The number of carbonyl (C=O) groups excluding carboxylic acids is 3. The number of ether oxygens (including phenoxy) is 1. The first-order chi connectivity index (χ1) is 17.8. The molecule has 11 heteroatoms. The maximum absolute atomic E-state index is 13.7. The van der Waals surface area contributed by atoms with Gasteiger partial charge in [0.2, 0.25) is 0 Å². The predicted molar refractivity (Wildman–Crippen MR) is 152 cm³/mol. The zero-order valence-corrected chi connectivity index (χ0v) is 24.1. The van der Waals surface area contributed by atoms with Crippen LogP contribution in [-0.4, -0.2) is 85.1 Å². The Hall–Kier alpha value is -3.84. The third kappa shape index (κ3) is 8.92. The summed E-state index contributed by atoms with van der Waals surface area (Å²) in [5, 5.41) is 5.46. The minimum atomic E-state index is -0.830. The SMILES string of the molecule is C=Nc1cccc(Cl)c1C(C)=NCCN(C)C(=O)N(/C(NC)=C(/C)C=O)N(CC#CC)C(=O)OC(C)(C)C. The fourth-order valence-electron chi connectivity index (χ4n) is 3.24. The molecule has 0 aliphatic rings. The van der Waals surface area contributed by atoms with Gasteiger partial charge in [-0.05, 0) is 60.4 Å². The van der Waals surface area contributed by atoms with Crippen LogP contribution in [0.4, 0.5) is 15.3 Å². The Morgan fingerprint density at radius 3 is 2.45 bits per heavy atom. The first-order valence-electron chi connectivity index (χ1n) is 11.9. The van der Waals surface area contributed by atoms with E-state index < -0.39 is 17.7 Å². The molecule has 0 aromatic heterocycles. The average Bonchev–Trinajstić information content (AvgIpc) is 2.85. The van der Waals surface area contributed by atoms with Gasteiger partial charge in [0.05, 0.1) is 17.3 Å². The van der Waals surface area contributed by atoms with E-state index in [0.29, 0.717) is 28.3 Å². The second-order valence-electron chi connectivity index (χ2n) is 9.14. The number of nitrogens with one attached hydrogen (secondary N) is 1. The van der Waals surface area contributed by atoms with Crippen molar-refractivity contribution in [3.05, 3.63) is 40.2 Å². The molecule has 3 amide bonds. The third-order valence-corrected chi connectivity index (χ3v) is 5.38. The number of carbonyl (C=O) groups is 3. The van der Waals surface area contributed by atoms with Gasteiger partial charge in [0.1, 0.15) is 24.3 Å². The number of likely N-dealkylation sites (N-methyl/N-ethyl adjacent to an activating group) is 1. The summed E-state index contributed by atoms with van der Waals surface area (Å²) in [6.07, 6.45) is -0.210. The summed E-state index contributed by atoms with van der Waals surface area (Å²) in [5.74, 6) is 5.62. The molecule has 0 heterocycles. The number of hydrogen-bond acceptors (Lipinski definition) is 7. The first kappa shape index (κ1) is 32.2. The van der Waals surface area contributed by atoms with Gasteiger partial charge in [0, 0.05) is 37.5 Å². The van der Waals surface area contributed by atoms with Crippen molar-refractivity contribution in [1.82, 2.24) is 20.2 Å². The van der Waals surface area contributed by atoms with Gasteiger partial charge < -0.3 is 15.0 Å². The van der Waals surface area contributed by atoms with E-state index in [1.807, 2.05) is 0 Å². The number of benzene rings is 1. The molecule has 0 atom stereocenters. The zero-order valence-electron chi connectivity index (χ0n) is 23.4. The molecule has 0 aliphatic heterocycles. The minimum absolute atomic E-state index is 0.109. The molecular weight excluding hydrogens is 508 g/mol. The molecule has 0 bridgehead atoms. The Kier molecular flexibility index (Phi) is 12.5. The Labute approximate surface area is 230 Å². The van der Waals surface area contributed by atoms with E-state index in [-0.39, 0.29) is 31.0 Å². The lowest BCUT2D eigenvalue weighted by molar-refractivity contribution is -0.105. The number of aliphatic imine (C=N–C) groups is 2. The van der Waals surface area contributed by atoms with Crippen LogP contribution < -0.4 is 5.32 Å². The Morgan fingerprint density at radius 1 is 1.26 bits per heavy atom.